The van der Waals surface area contributed by atoms with E-state index in [4.69, 9.17) is 9.47 Å². The van der Waals surface area contributed by atoms with Gasteiger partial charge in [-0.25, -0.2) is 0 Å². The van der Waals surface area contributed by atoms with Gasteiger partial charge in [0, 0.05) is 11.6 Å². The van der Waals surface area contributed by atoms with E-state index in [9.17, 15) is 4.79 Å². The number of nitrogens with one attached hydrogen (secondary N) is 1. The van der Waals surface area contributed by atoms with Crippen molar-refractivity contribution in [3.8, 4) is 11.5 Å². The first kappa shape index (κ1) is 17.9. The van der Waals surface area contributed by atoms with Gasteiger partial charge in [-0.1, -0.05) is 44.2 Å². The molecule has 4 heteroatoms. The van der Waals surface area contributed by atoms with E-state index in [-0.39, 0.29) is 11.9 Å². The predicted molar refractivity (Wildman–Crippen MR) is 95.7 cm³/mol. The number of hydrogen-bond acceptors (Lipinski definition) is 3. The van der Waals surface area contributed by atoms with Crippen LogP contribution in [0.5, 0.6) is 11.5 Å². The molecule has 2 rings (SSSR count). The molecule has 24 heavy (non-hydrogen) atoms. The fourth-order valence-corrected chi connectivity index (χ4v) is 2.62. The molecule has 0 aliphatic rings. The molecule has 128 valence electrons. The second kappa shape index (κ2) is 8.39. The Morgan fingerprint density at radius 1 is 1.00 bits per heavy atom. The Morgan fingerprint density at radius 3 is 2.08 bits per heavy atom. The Kier molecular flexibility index (Phi) is 6.24. The van der Waals surface area contributed by atoms with Crippen LogP contribution in [0, 0.1) is 5.92 Å². The summed E-state index contributed by atoms with van der Waals surface area (Å²) in [4.78, 5) is 12.7. The number of benzene rings is 2. The molecule has 1 N–H and O–H groups in total. The minimum atomic E-state index is -0.137. The molecule has 0 fully saturated rings. The summed E-state index contributed by atoms with van der Waals surface area (Å²) in [7, 11) is 3.14. The summed E-state index contributed by atoms with van der Waals surface area (Å²) in [6.45, 7) is 4.30. The van der Waals surface area contributed by atoms with Gasteiger partial charge in [-0.2, -0.15) is 0 Å². The van der Waals surface area contributed by atoms with Gasteiger partial charge in [0.25, 0.3) is 5.91 Å². The van der Waals surface area contributed by atoms with Crippen LogP contribution in [-0.4, -0.2) is 20.1 Å². The molecule has 0 heterocycles. The Bertz CT molecular complexity index is 646. The summed E-state index contributed by atoms with van der Waals surface area (Å²) < 4.78 is 10.5. The Hall–Kier alpha value is -2.49. The molecular weight excluding hydrogens is 302 g/mol. The molecule has 1 amide bonds. The highest BCUT2D eigenvalue weighted by Crippen LogP contribution is 2.25. The lowest BCUT2D eigenvalue weighted by atomic mass is 9.96. The molecule has 0 spiro atoms. The lowest BCUT2D eigenvalue weighted by Gasteiger charge is -2.21. The Balaban J connectivity index is 2.24. The molecule has 0 unspecified atom stereocenters. The van der Waals surface area contributed by atoms with Gasteiger partial charge in [-0.05, 0) is 30.0 Å². The quantitative estimate of drug-likeness (QED) is 0.828. The SMILES string of the molecule is COc1cc(OC)cc(C(=O)N[C@H](CC(C)C)c2ccccc2)c1. The zero-order chi connectivity index (χ0) is 17.5. The summed E-state index contributed by atoms with van der Waals surface area (Å²) in [5.41, 5.74) is 1.63. The van der Waals surface area contributed by atoms with E-state index in [0.29, 0.717) is 23.0 Å². The first-order chi connectivity index (χ1) is 11.5. The third kappa shape index (κ3) is 4.75. The minimum absolute atomic E-state index is 0.0316. The van der Waals surface area contributed by atoms with Crippen LogP contribution >= 0.6 is 0 Å². The summed E-state index contributed by atoms with van der Waals surface area (Å²) in [5, 5.41) is 3.13. The fraction of sp³-hybridized carbons (Fsp3) is 0.350. The topological polar surface area (TPSA) is 47.6 Å². The van der Waals surface area contributed by atoms with Gasteiger partial charge in [-0.15, -0.1) is 0 Å². The highest BCUT2D eigenvalue weighted by Gasteiger charge is 2.18. The Labute approximate surface area is 143 Å². The number of rotatable bonds is 7. The van der Waals surface area contributed by atoms with Crippen LogP contribution in [0.2, 0.25) is 0 Å². The van der Waals surface area contributed by atoms with Gasteiger partial charge >= 0.3 is 0 Å². The van der Waals surface area contributed by atoms with Gasteiger partial charge < -0.3 is 14.8 Å². The van der Waals surface area contributed by atoms with Gasteiger partial charge in [0.1, 0.15) is 11.5 Å². The van der Waals surface area contributed by atoms with Gasteiger partial charge in [0.15, 0.2) is 0 Å². The molecule has 0 aromatic heterocycles. The van der Waals surface area contributed by atoms with Crippen molar-refractivity contribution in [2.24, 2.45) is 5.92 Å². The maximum absolute atomic E-state index is 12.7. The number of carbonyl (C=O) groups is 1. The van der Waals surface area contributed by atoms with Crippen molar-refractivity contribution in [2.45, 2.75) is 26.3 Å². The van der Waals surface area contributed by atoms with Gasteiger partial charge in [-0.3, -0.25) is 4.79 Å². The maximum Gasteiger partial charge on any atom is 0.252 e. The third-order valence-corrected chi connectivity index (χ3v) is 3.83. The van der Waals surface area contributed by atoms with Crippen molar-refractivity contribution in [1.82, 2.24) is 5.32 Å². The first-order valence-corrected chi connectivity index (χ1v) is 8.12. The molecule has 2 aromatic rings. The summed E-state index contributed by atoms with van der Waals surface area (Å²) in [5.74, 6) is 1.52. The molecule has 0 saturated carbocycles. The van der Waals surface area contributed by atoms with Crippen molar-refractivity contribution in [3.63, 3.8) is 0 Å². The van der Waals surface area contributed by atoms with E-state index >= 15 is 0 Å². The van der Waals surface area contributed by atoms with Crippen LogP contribution < -0.4 is 14.8 Å². The number of ether oxygens (including phenoxy) is 2. The molecule has 4 nitrogen and oxygen atoms in total. The van der Waals surface area contributed by atoms with Crippen LogP contribution in [0.15, 0.2) is 48.5 Å². The van der Waals surface area contributed by atoms with E-state index < -0.39 is 0 Å². The molecule has 0 bridgehead atoms. The van der Waals surface area contributed by atoms with E-state index in [1.54, 1.807) is 32.4 Å². The largest absolute Gasteiger partial charge is 0.497 e. The lowest BCUT2D eigenvalue weighted by molar-refractivity contribution is 0.0931. The van der Waals surface area contributed by atoms with Gasteiger partial charge in [0.05, 0.1) is 20.3 Å². The van der Waals surface area contributed by atoms with Crippen molar-refractivity contribution in [3.05, 3.63) is 59.7 Å². The molecular formula is C20H25NO3. The maximum atomic E-state index is 12.7. The molecule has 0 aliphatic carbocycles. The van der Waals surface area contributed by atoms with E-state index in [2.05, 4.69) is 19.2 Å². The predicted octanol–water partition coefficient (Wildman–Crippen LogP) is 4.22. The first-order valence-electron chi connectivity index (χ1n) is 8.12. The van der Waals surface area contributed by atoms with Crippen LogP contribution in [0.25, 0.3) is 0 Å². The second-order valence-corrected chi connectivity index (χ2v) is 6.17. The molecule has 0 saturated heterocycles. The second-order valence-electron chi connectivity index (χ2n) is 6.17. The zero-order valence-electron chi connectivity index (χ0n) is 14.7. The summed E-state index contributed by atoms with van der Waals surface area (Å²) >= 11 is 0. The fourth-order valence-electron chi connectivity index (χ4n) is 2.62. The monoisotopic (exact) mass is 327 g/mol. The minimum Gasteiger partial charge on any atom is -0.497 e. The highest BCUT2D eigenvalue weighted by atomic mass is 16.5. The van der Waals surface area contributed by atoms with Crippen molar-refractivity contribution >= 4 is 5.91 Å². The van der Waals surface area contributed by atoms with Crippen LogP contribution in [0.3, 0.4) is 0 Å². The number of methoxy groups -OCH3 is 2. The van der Waals surface area contributed by atoms with Crippen molar-refractivity contribution < 1.29 is 14.3 Å². The normalized spacial score (nSPS) is 11.9. The average Bonchev–Trinajstić information content (AvgIpc) is 2.60. The van der Waals surface area contributed by atoms with E-state index in [1.165, 1.54) is 0 Å². The van der Waals surface area contributed by atoms with Crippen LogP contribution in [0.4, 0.5) is 0 Å². The number of hydrogen-bond donors (Lipinski definition) is 1. The molecule has 0 radical (unpaired) electrons. The van der Waals surface area contributed by atoms with Crippen LogP contribution in [-0.2, 0) is 0 Å². The summed E-state index contributed by atoms with van der Waals surface area (Å²) in [6.07, 6.45) is 0.872. The van der Waals surface area contributed by atoms with E-state index in [1.807, 2.05) is 30.3 Å². The molecule has 0 aliphatic heterocycles. The van der Waals surface area contributed by atoms with Gasteiger partial charge in [0.2, 0.25) is 0 Å². The van der Waals surface area contributed by atoms with E-state index in [0.717, 1.165) is 12.0 Å². The third-order valence-electron chi connectivity index (χ3n) is 3.83. The van der Waals surface area contributed by atoms with Crippen molar-refractivity contribution in [1.29, 1.82) is 0 Å². The molecule has 1 atom stereocenters. The summed E-state index contributed by atoms with van der Waals surface area (Å²) in [6, 6.07) is 15.2. The average molecular weight is 327 g/mol. The molecule has 2 aromatic carbocycles. The number of amides is 1. The van der Waals surface area contributed by atoms with Crippen molar-refractivity contribution in [2.75, 3.05) is 14.2 Å². The smallest absolute Gasteiger partial charge is 0.252 e. The zero-order valence-corrected chi connectivity index (χ0v) is 14.7. The Morgan fingerprint density at radius 2 is 1.58 bits per heavy atom. The number of carbonyl (C=O) groups excluding carboxylic acids is 1. The lowest BCUT2D eigenvalue weighted by Crippen LogP contribution is -2.29. The van der Waals surface area contributed by atoms with Crippen LogP contribution in [0.1, 0.15) is 42.2 Å². The highest BCUT2D eigenvalue weighted by molar-refractivity contribution is 5.95. The standard InChI is InChI=1S/C20H25NO3/c1-14(2)10-19(15-8-6-5-7-9-15)21-20(22)16-11-17(23-3)13-18(12-16)24-4/h5-9,11-14,19H,10H2,1-4H3,(H,21,22)/t19-/m1/s1.